The molecule has 0 atom stereocenters. The van der Waals surface area contributed by atoms with Gasteiger partial charge >= 0.3 is 45.9 Å². The molecular formula is C34H69NaO6S. The number of carbonyl (C=O) groups excluding carboxylic acids is 1. The number of carbonyl (C=O) groups is 1. The number of unbranched alkanes of at least 4 members (excludes halogenated alkanes) is 24. The molecule has 0 aliphatic rings. The zero-order valence-corrected chi connectivity index (χ0v) is 27.9. The van der Waals surface area contributed by atoms with Crippen LogP contribution in [-0.4, -0.2) is 59.7 Å². The van der Waals surface area contributed by atoms with E-state index in [-0.39, 0.29) is 35.5 Å². The summed E-state index contributed by atoms with van der Waals surface area (Å²) in [6.45, 7) is 5.19. The van der Waals surface area contributed by atoms with Crippen LogP contribution in [0.2, 0.25) is 0 Å². The number of ether oxygens (including phenoxy) is 1. The van der Waals surface area contributed by atoms with E-state index in [0.29, 0.717) is 13.0 Å². The summed E-state index contributed by atoms with van der Waals surface area (Å²) in [7, 11) is -4.67. The summed E-state index contributed by atoms with van der Waals surface area (Å²) in [5.74, 6) is 0.0160. The van der Waals surface area contributed by atoms with Crippen LogP contribution >= 0.6 is 0 Å². The van der Waals surface area contributed by atoms with E-state index in [1.54, 1.807) is 0 Å². The van der Waals surface area contributed by atoms with Gasteiger partial charge in [-0.25, -0.2) is 0 Å². The van der Waals surface area contributed by atoms with Crippen molar-refractivity contribution in [3.8, 4) is 0 Å². The molecule has 0 unspecified atom stereocenters. The average molecular weight is 629 g/mol. The first-order valence-corrected chi connectivity index (χ1v) is 18.7. The second kappa shape index (κ2) is 39.1. The van der Waals surface area contributed by atoms with Crippen molar-refractivity contribution in [2.75, 3.05) is 6.61 Å². The van der Waals surface area contributed by atoms with Crippen LogP contribution in [0, 0.1) is 0 Å². The molecule has 0 saturated carbocycles. The van der Waals surface area contributed by atoms with E-state index in [4.69, 9.17) is 22.3 Å². The minimum absolute atomic E-state index is 0. The molecule has 0 spiro atoms. The first-order chi connectivity index (χ1) is 19.8. The molecule has 0 saturated heterocycles. The molecule has 0 aromatic heterocycles. The second-order valence-electron chi connectivity index (χ2n) is 11.6. The number of hydrogen-bond acceptors (Lipinski definition) is 4. The standard InChI is InChI=1S/C34H66O2.Na.H2O4S.H/c1-3-5-7-9-11-13-15-17-19-20-22-24-26-28-30-32-34(35)36-33-31-29-27-25-23-21-18-16-14-12-10-8-6-4-2;;1-5(2,3)4;/h17,19H,3-16,18,20-33H2,1-2H3;;(H2,1,2,3,4);. The van der Waals surface area contributed by atoms with Gasteiger partial charge in [0.05, 0.1) is 6.61 Å². The van der Waals surface area contributed by atoms with Gasteiger partial charge < -0.3 is 4.74 Å². The van der Waals surface area contributed by atoms with Crippen LogP contribution < -0.4 is 0 Å². The Morgan fingerprint density at radius 2 is 0.810 bits per heavy atom. The van der Waals surface area contributed by atoms with E-state index in [1.807, 2.05) is 0 Å². The Bertz CT molecular complexity index is 646. The molecule has 8 heteroatoms. The molecule has 0 rings (SSSR count). The van der Waals surface area contributed by atoms with Gasteiger partial charge in [0.25, 0.3) is 0 Å². The molecule has 0 aromatic rings. The SMILES string of the molecule is CCCCCCCCC=CCCCCCCCC(=O)OCCCCCCCCCCCCCCCC.O=S(=O)(O)O.[NaH]. The summed E-state index contributed by atoms with van der Waals surface area (Å²) in [4.78, 5) is 11.9. The predicted molar refractivity (Wildman–Crippen MR) is 182 cm³/mol. The molecule has 0 radical (unpaired) electrons. The first kappa shape index (κ1) is 46.5. The van der Waals surface area contributed by atoms with Gasteiger partial charge in [-0.3, -0.25) is 13.9 Å². The van der Waals surface area contributed by atoms with Crippen LogP contribution in [0.3, 0.4) is 0 Å². The van der Waals surface area contributed by atoms with Crippen LogP contribution in [0.5, 0.6) is 0 Å². The fourth-order valence-electron chi connectivity index (χ4n) is 4.89. The molecule has 0 aliphatic carbocycles. The minimum atomic E-state index is -4.67. The Balaban J connectivity index is -0.00000232. The Kier molecular flexibility index (Phi) is 43.3. The normalized spacial score (nSPS) is 11.2. The number of allylic oxidation sites excluding steroid dienone is 2. The van der Waals surface area contributed by atoms with E-state index >= 15 is 0 Å². The molecule has 2 N–H and O–H groups in total. The van der Waals surface area contributed by atoms with Gasteiger partial charge in [0.2, 0.25) is 0 Å². The topological polar surface area (TPSA) is 101 Å². The maximum atomic E-state index is 11.9. The monoisotopic (exact) mass is 628 g/mol. The second-order valence-corrected chi connectivity index (χ2v) is 12.5. The van der Waals surface area contributed by atoms with Crippen LogP contribution in [0.15, 0.2) is 12.2 Å². The summed E-state index contributed by atoms with van der Waals surface area (Å²) in [5.41, 5.74) is 0. The van der Waals surface area contributed by atoms with Crippen molar-refractivity contribution < 1.29 is 27.1 Å². The van der Waals surface area contributed by atoms with Gasteiger partial charge in [-0.2, -0.15) is 8.42 Å². The third kappa shape index (κ3) is 52.7. The Hall–Kier alpha value is 0.0800. The molecule has 0 heterocycles. The van der Waals surface area contributed by atoms with E-state index in [1.165, 1.54) is 154 Å². The average Bonchev–Trinajstić information content (AvgIpc) is 2.92. The molecule has 0 amide bonds. The fraction of sp³-hybridized carbons (Fsp3) is 0.912. The van der Waals surface area contributed by atoms with Crippen LogP contribution in [0.4, 0.5) is 0 Å². The summed E-state index contributed by atoms with van der Waals surface area (Å²) in [6, 6.07) is 0. The van der Waals surface area contributed by atoms with Crippen molar-refractivity contribution in [3.63, 3.8) is 0 Å². The van der Waals surface area contributed by atoms with Gasteiger partial charge in [-0.1, -0.05) is 161 Å². The predicted octanol–water partition coefficient (Wildman–Crippen LogP) is 10.7. The van der Waals surface area contributed by atoms with Crippen molar-refractivity contribution in [1.82, 2.24) is 0 Å². The molecule has 0 bridgehead atoms. The van der Waals surface area contributed by atoms with Gasteiger partial charge in [-0.05, 0) is 38.5 Å². The molecule has 248 valence electrons. The number of hydrogen-bond donors (Lipinski definition) is 2. The third-order valence-corrected chi connectivity index (χ3v) is 7.40. The van der Waals surface area contributed by atoms with Gasteiger partial charge in [0, 0.05) is 6.42 Å². The quantitative estimate of drug-likeness (QED) is 0.0270. The van der Waals surface area contributed by atoms with Crippen molar-refractivity contribution in [3.05, 3.63) is 12.2 Å². The Morgan fingerprint density at radius 3 is 1.17 bits per heavy atom. The molecule has 42 heavy (non-hydrogen) atoms. The summed E-state index contributed by atoms with van der Waals surface area (Å²) < 4.78 is 37.0. The van der Waals surface area contributed by atoms with E-state index in [0.717, 1.165) is 19.3 Å². The van der Waals surface area contributed by atoms with E-state index < -0.39 is 10.4 Å². The van der Waals surface area contributed by atoms with E-state index in [2.05, 4.69) is 26.0 Å². The van der Waals surface area contributed by atoms with Gasteiger partial charge in [0.1, 0.15) is 0 Å². The van der Waals surface area contributed by atoms with Crippen molar-refractivity contribution in [2.45, 2.75) is 194 Å². The molecule has 0 aliphatic heterocycles. The summed E-state index contributed by atoms with van der Waals surface area (Å²) in [6.07, 6.45) is 41.2. The fourth-order valence-corrected chi connectivity index (χ4v) is 4.89. The zero-order valence-electron chi connectivity index (χ0n) is 27.1. The number of rotatable bonds is 30. The molecule has 0 fully saturated rings. The van der Waals surface area contributed by atoms with Crippen LogP contribution in [0.1, 0.15) is 194 Å². The molecule has 0 aromatic carbocycles. The Morgan fingerprint density at radius 1 is 0.524 bits per heavy atom. The molecule has 6 nitrogen and oxygen atoms in total. The number of esters is 1. The summed E-state index contributed by atoms with van der Waals surface area (Å²) >= 11 is 0. The van der Waals surface area contributed by atoms with Crippen LogP contribution in [0.25, 0.3) is 0 Å². The van der Waals surface area contributed by atoms with Crippen molar-refractivity contribution in [2.24, 2.45) is 0 Å². The maximum absolute atomic E-state index is 11.9. The first-order valence-electron chi connectivity index (χ1n) is 17.3. The van der Waals surface area contributed by atoms with Gasteiger partial charge in [-0.15, -0.1) is 0 Å². The van der Waals surface area contributed by atoms with Gasteiger partial charge in [0.15, 0.2) is 0 Å². The summed E-state index contributed by atoms with van der Waals surface area (Å²) in [5, 5.41) is 0. The van der Waals surface area contributed by atoms with Crippen LogP contribution in [-0.2, 0) is 19.9 Å². The third-order valence-electron chi connectivity index (χ3n) is 7.40. The van der Waals surface area contributed by atoms with E-state index in [9.17, 15) is 4.79 Å². The zero-order chi connectivity index (χ0) is 30.7. The van der Waals surface area contributed by atoms with Crippen molar-refractivity contribution >= 4 is 45.9 Å². The Labute approximate surface area is 283 Å². The molecular weight excluding hydrogens is 559 g/mol. The van der Waals surface area contributed by atoms with Crippen molar-refractivity contribution in [1.29, 1.82) is 0 Å².